The van der Waals surface area contributed by atoms with Gasteiger partial charge in [-0.2, -0.15) is 0 Å². The molecule has 0 spiro atoms. The first-order valence-electron chi connectivity index (χ1n) is 8.55. The Morgan fingerprint density at radius 2 is 1.80 bits per heavy atom. The number of hydrogen-bond donors (Lipinski definition) is 1. The zero-order chi connectivity index (χ0) is 16.7. The monoisotopic (exact) mass is 420 g/mol. The van der Waals surface area contributed by atoms with Crippen LogP contribution < -0.4 is 21.9 Å². The number of benzene rings is 2. The lowest BCUT2D eigenvalue weighted by Gasteiger charge is -2.24. The Bertz CT molecular complexity index is 806. The van der Waals surface area contributed by atoms with Gasteiger partial charge in [-0.3, -0.25) is 0 Å². The van der Waals surface area contributed by atoms with Crippen LogP contribution in [0.15, 0.2) is 48.5 Å². The minimum absolute atomic E-state index is 0. The van der Waals surface area contributed by atoms with Crippen LogP contribution in [0.5, 0.6) is 0 Å². The van der Waals surface area contributed by atoms with Crippen LogP contribution in [0.4, 0.5) is 5.69 Å². The van der Waals surface area contributed by atoms with Gasteiger partial charge in [-0.25, -0.2) is 9.48 Å². The van der Waals surface area contributed by atoms with Crippen LogP contribution in [-0.2, 0) is 5.72 Å². The van der Waals surface area contributed by atoms with Crippen LogP contribution >= 0.6 is 11.6 Å². The van der Waals surface area contributed by atoms with Gasteiger partial charge in [0.25, 0.3) is 11.6 Å². The molecule has 0 aromatic heterocycles. The highest BCUT2D eigenvalue weighted by Gasteiger charge is 2.52. The summed E-state index contributed by atoms with van der Waals surface area (Å²) in [5, 5.41) is 12.3. The van der Waals surface area contributed by atoms with E-state index in [1.807, 2.05) is 24.3 Å². The summed E-state index contributed by atoms with van der Waals surface area (Å²) in [5.41, 5.74) is 2.32. The van der Waals surface area contributed by atoms with E-state index in [0.29, 0.717) is 11.6 Å². The molecule has 0 radical (unpaired) electrons. The number of anilines is 1. The van der Waals surface area contributed by atoms with Crippen LogP contribution in [0.2, 0.25) is 5.02 Å². The molecule has 0 fully saturated rings. The molecular weight excluding hydrogens is 400 g/mol. The van der Waals surface area contributed by atoms with Crippen LogP contribution in [0, 0.1) is 6.92 Å². The Balaban J connectivity index is 0.00000182. The Hall–Kier alpha value is -1.36. The molecule has 0 aliphatic carbocycles. The number of amidine groups is 1. The predicted octanol–water partition coefficient (Wildman–Crippen LogP) is 0.913. The summed E-state index contributed by atoms with van der Waals surface area (Å²) >= 11 is 6.04. The van der Waals surface area contributed by atoms with E-state index in [4.69, 9.17) is 11.6 Å². The smallest absolute Gasteiger partial charge is 0.271 e. The van der Waals surface area contributed by atoms with E-state index in [9.17, 15) is 5.11 Å². The molecule has 1 unspecified atom stereocenters. The van der Waals surface area contributed by atoms with Gasteiger partial charge >= 0.3 is 0 Å². The molecule has 5 heteroatoms. The average Bonchev–Trinajstić information content (AvgIpc) is 2.90. The van der Waals surface area contributed by atoms with Gasteiger partial charge in [0.2, 0.25) is 0 Å². The van der Waals surface area contributed by atoms with Crippen LogP contribution in [0.1, 0.15) is 30.4 Å². The Morgan fingerprint density at radius 3 is 2.52 bits per heavy atom. The first-order valence-corrected chi connectivity index (χ1v) is 8.92. The zero-order valence-electron chi connectivity index (χ0n) is 14.3. The third-order valence-corrected chi connectivity index (χ3v) is 5.45. The second kappa shape index (κ2) is 7.10. The van der Waals surface area contributed by atoms with Gasteiger partial charge in [0, 0.05) is 17.0 Å². The summed E-state index contributed by atoms with van der Waals surface area (Å²) in [7, 11) is 0. The van der Waals surface area contributed by atoms with E-state index in [0.717, 1.165) is 24.9 Å². The van der Waals surface area contributed by atoms with E-state index < -0.39 is 5.72 Å². The molecule has 0 bridgehead atoms. The maximum Gasteiger partial charge on any atom is 0.271 e. The van der Waals surface area contributed by atoms with Crippen molar-refractivity contribution in [2.45, 2.75) is 31.9 Å². The van der Waals surface area contributed by atoms with Crippen LogP contribution in [0.3, 0.4) is 0 Å². The van der Waals surface area contributed by atoms with E-state index in [1.165, 1.54) is 23.5 Å². The lowest BCUT2D eigenvalue weighted by molar-refractivity contribution is -0.661. The normalized spacial score (nSPS) is 22.6. The number of aliphatic hydroxyl groups is 1. The number of hydrogen-bond acceptors (Lipinski definition) is 2. The van der Waals surface area contributed by atoms with Crippen LogP contribution in [0.25, 0.3) is 0 Å². The average molecular weight is 422 g/mol. The Labute approximate surface area is 164 Å². The molecule has 1 atom stereocenters. The Morgan fingerprint density at radius 1 is 1.08 bits per heavy atom. The van der Waals surface area contributed by atoms with Gasteiger partial charge in [-0.05, 0) is 43.5 Å². The minimum Gasteiger partial charge on any atom is -1.00 e. The fourth-order valence-electron chi connectivity index (χ4n) is 3.95. The molecule has 25 heavy (non-hydrogen) atoms. The van der Waals surface area contributed by atoms with Crippen molar-refractivity contribution in [2.75, 3.05) is 18.0 Å². The van der Waals surface area contributed by atoms with Crippen molar-refractivity contribution in [3.05, 3.63) is 64.7 Å². The van der Waals surface area contributed by atoms with Gasteiger partial charge < -0.3 is 22.1 Å². The molecule has 0 amide bonds. The van der Waals surface area contributed by atoms with Crippen molar-refractivity contribution >= 4 is 23.1 Å². The third kappa shape index (κ3) is 3.12. The summed E-state index contributed by atoms with van der Waals surface area (Å²) in [6.45, 7) is 3.56. The Kier molecular flexibility index (Phi) is 5.24. The molecule has 3 nitrogen and oxygen atoms in total. The van der Waals surface area contributed by atoms with Crippen molar-refractivity contribution in [1.82, 2.24) is 0 Å². The standard InChI is InChI=1S/C20H22ClN2O.BrH/c1-15-6-2-3-7-18(15)22-14-20(24,16-9-11-17(21)12-10-16)23-13-5-4-8-19(22)23;/h2-3,6-7,9-12,24H,4-5,8,13-14H2,1H3;1H/q+1;/p-1. The largest absolute Gasteiger partial charge is 1.00 e. The molecule has 1 N–H and O–H groups in total. The lowest BCUT2D eigenvalue weighted by Crippen LogP contribution is -3.00. The summed E-state index contributed by atoms with van der Waals surface area (Å²) in [5.74, 6) is 1.23. The number of β-amino-alcohol motifs (C(OH)–C–C–N with tert-alkyl or cyclic N) is 1. The fourth-order valence-corrected chi connectivity index (χ4v) is 4.07. The van der Waals surface area contributed by atoms with E-state index >= 15 is 0 Å². The van der Waals surface area contributed by atoms with Crippen molar-refractivity contribution in [3.8, 4) is 0 Å². The van der Waals surface area contributed by atoms with Gasteiger partial charge in [-0.1, -0.05) is 41.9 Å². The zero-order valence-corrected chi connectivity index (χ0v) is 16.6. The highest BCUT2D eigenvalue weighted by Crippen LogP contribution is 2.36. The van der Waals surface area contributed by atoms with Gasteiger partial charge in [0.1, 0.15) is 5.69 Å². The van der Waals surface area contributed by atoms with Crippen molar-refractivity contribution in [2.24, 2.45) is 0 Å². The number of aryl methyl sites for hydroxylation is 1. The molecule has 0 saturated heterocycles. The van der Waals surface area contributed by atoms with Crippen molar-refractivity contribution < 1.29 is 26.7 Å². The molecule has 2 aliphatic heterocycles. The second-order valence-corrected chi connectivity index (χ2v) is 7.16. The molecule has 0 saturated carbocycles. The van der Waals surface area contributed by atoms with Crippen LogP contribution in [-0.4, -0.2) is 28.6 Å². The third-order valence-electron chi connectivity index (χ3n) is 5.19. The molecule has 2 aromatic rings. The number of rotatable bonds is 2. The summed E-state index contributed by atoms with van der Waals surface area (Å²) in [6.07, 6.45) is 3.29. The summed E-state index contributed by atoms with van der Waals surface area (Å²) < 4.78 is 2.19. The summed E-state index contributed by atoms with van der Waals surface area (Å²) in [4.78, 5) is 2.29. The summed E-state index contributed by atoms with van der Waals surface area (Å²) in [6, 6.07) is 16.0. The molecule has 4 rings (SSSR count). The van der Waals surface area contributed by atoms with Gasteiger partial charge in [0.05, 0.1) is 6.54 Å². The topological polar surface area (TPSA) is 26.5 Å². The highest BCUT2D eigenvalue weighted by molar-refractivity contribution is 6.30. The van der Waals surface area contributed by atoms with Crippen molar-refractivity contribution in [1.29, 1.82) is 0 Å². The lowest BCUT2D eigenvalue weighted by atomic mass is 10.0. The molecule has 132 valence electrons. The molecular formula is C20H22BrClN2O. The van der Waals surface area contributed by atoms with E-state index in [1.54, 1.807) is 0 Å². The highest BCUT2D eigenvalue weighted by atomic mass is 79.9. The van der Waals surface area contributed by atoms with Gasteiger partial charge in [-0.15, -0.1) is 0 Å². The predicted molar refractivity (Wildman–Crippen MR) is 97.9 cm³/mol. The maximum absolute atomic E-state index is 11.6. The second-order valence-electron chi connectivity index (χ2n) is 6.72. The number of nitrogens with zero attached hydrogens (tertiary/aromatic N) is 2. The number of halogens is 2. The first kappa shape index (κ1) is 18.4. The van der Waals surface area contributed by atoms with Gasteiger partial charge in [0.15, 0.2) is 6.54 Å². The number of para-hydroxylation sites is 1. The quantitative estimate of drug-likeness (QED) is 0.730. The van der Waals surface area contributed by atoms with Crippen molar-refractivity contribution in [3.63, 3.8) is 0 Å². The molecule has 2 heterocycles. The van der Waals surface area contributed by atoms with E-state index in [2.05, 4.69) is 40.7 Å². The molecule has 2 aliphatic rings. The minimum atomic E-state index is -0.997. The molecule has 2 aromatic carbocycles. The maximum atomic E-state index is 11.6. The van der Waals surface area contributed by atoms with E-state index in [-0.39, 0.29) is 17.0 Å². The fraction of sp³-hybridized carbons (Fsp3) is 0.350. The first-order chi connectivity index (χ1) is 11.6. The SMILES string of the molecule is Cc1ccccc1N1CC(O)(c2ccc(Cl)cc2)[N+]2=C1CCCC2.[Br-].